The second-order valence-electron chi connectivity index (χ2n) is 13.5. The Morgan fingerprint density at radius 3 is 2.54 bits per heavy atom. The van der Waals surface area contributed by atoms with Crippen LogP contribution >= 0.6 is 0 Å². The van der Waals surface area contributed by atoms with Crippen LogP contribution in [0.2, 0.25) is 0 Å². The van der Waals surface area contributed by atoms with Gasteiger partial charge in [0.1, 0.15) is 18.0 Å². The Bertz CT molecular complexity index is 984. The highest BCUT2D eigenvalue weighted by molar-refractivity contribution is 5.87. The number of fused-ring (bicyclic) bond motifs is 7. The maximum Gasteiger partial charge on any atom is 0.302 e. The first kappa shape index (κ1) is 26.7. The first-order chi connectivity index (χ1) is 17.4. The lowest BCUT2D eigenvalue weighted by Gasteiger charge is -2.60. The van der Waals surface area contributed by atoms with E-state index in [0.717, 1.165) is 44.3 Å². The normalized spacial score (nSPS) is 43.2. The standard InChI is InChI=1S/C31H46O6/c1-17(16-35-19(3)32)7-10-26-18(2)29-27(37-26)14-25-23-9-8-21-13-22(36-20(4)33)11-12-30(21,5)24(23)15-28(34)31(25,29)6/h17,21-25,27,29H,7-16H2,1-6H3/t17-,21+,22-,23-,24-,25+,27-,29+,30+,31-/m1/s1. The number of Topliss-reactive ketones (excluding diaryl/α,β-unsaturated/α-hetero) is 1. The first-order valence-corrected chi connectivity index (χ1v) is 14.6. The maximum atomic E-state index is 14.1. The van der Waals surface area contributed by atoms with E-state index >= 15 is 0 Å². The Balaban J connectivity index is 1.30. The van der Waals surface area contributed by atoms with Crippen molar-refractivity contribution in [1.29, 1.82) is 0 Å². The summed E-state index contributed by atoms with van der Waals surface area (Å²) in [6.45, 7) is 12.4. The minimum absolute atomic E-state index is 0.0406. The van der Waals surface area contributed by atoms with Gasteiger partial charge >= 0.3 is 11.9 Å². The summed E-state index contributed by atoms with van der Waals surface area (Å²) in [6.07, 6.45) is 8.83. The molecule has 0 unspecified atom stereocenters. The molecule has 4 saturated carbocycles. The summed E-state index contributed by atoms with van der Waals surface area (Å²) in [5.41, 5.74) is 1.10. The third-order valence-electron chi connectivity index (χ3n) is 11.5. The summed E-state index contributed by atoms with van der Waals surface area (Å²) in [6, 6.07) is 0. The van der Waals surface area contributed by atoms with E-state index in [1.54, 1.807) is 0 Å². The van der Waals surface area contributed by atoms with Crippen LogP contribution in [0.15, 0.2) is 11.3 Å². The lowest BCUT2D eigenvalue weighted by Crippen LogP contribution is -2.57. The number of allylic oxidation sites excluding steroid dienone is 1. The van der Waals surface area contributed by atoms with Crippen molar-refractivity contribution in [2.75, 3.05) is 6.61 Å². The molecule has 4 fully saturated rings. The summed E-state index contributed by atoms with van der Waals surface area (Å²) in [5, 5.41) is 0. The van der Waals surface area contributed by atoms with Crippen LogP contribution in [-0.2, 0) is 28.6 Å². The van der Waals surface area contributed by atoms with Crippen molar-refractivity contribution in [3.63, 3.8) is 0 Å². The van der Waals surface area contributed by atoms with E-state index in [-0.39, 0.29) is 46.8 Å². The number of ketones is 1. The van der Waals surface area contributed by atoms with Gasteiger partial charge < -0.3 is 14.2 Å². The molecule has 1 heterocycles. The van der Waals surface area contributed by atoms with E-state index in [0.29, 0.717) is 42.5 Å². The van der Waals surface area contributed by atoms with Gasteiger partial charge in [-0.05, 0) is 92.4 Å². The molecule has 6 nitrogen and oxygen atoms in total. The molecule has 0 aromatic heterocycles. The fourth-order valence-corrected chi connectivity index (χ4v) is 9.55. The predicted molar refractivity (Wildman–Crippen MR) is 139 cm³/mol. The van der Waals surface area contributed by atoms with Gasteiger partial charge in [-0.25, -0.2) is 0 Å². The molecule has 5 rings (SSSR count). The van der Waals surface area contributed by atoms with E-state index in [2.05, 4.69) is 27.7 Å². The largest absolute Gasteiger partial charge is 0.494 e. The Morgan fingerprint density at radius 1 is 1.08 bits per heavy atom. The second kappa shape index (κ2) is 9.72. The number of carbonyl (C=O) groups excluding carboxylic acids is 3. The van der Waals surface area contributed by atoms with Crippen LogP contribution in [-0.4, -0.2) is 36.5 Å². The SMILES string of the molecule is CC(=O)OC[C@H](C)CCC1=C(C)[C@H]2[C@@H](C[C@H]3[C@@H]4CC[C@H]5C[C@H](OC(C)=O)CC[C@]5(C)[C@@H]4CC(=O)[C@@]32C)O1. The van der Waals surface area contributed by atoms with Gasteiger partial charge in [-0.2, -0.15) is 0 Å². The number of ether oxygens (including phenoxy) is 3. The number of carbonyl (C=O) groups is 3. The molecule has 0 saturated heterocycles. The molecule has 0 bridgehead atoms. The zero-order valence-electron chi connectivity index (χ0n) is 23.6. The lowest BCUT2D eigenvalue weighted by atomic mass is 9.44. The average molecular weight is 515 g/mol. The number of hydrogen-bond acceptors (Lipinski definition) is 6. The molecule has 0 aromatic carbocycles. The van der Waals surface area contributed by atoms with Crippen molar-refractivity contribution >= 4 is 17.7 Å². The van der Waals surface area contributed by atoms with Crippen LogP contribution in [0, 0.1) is 46.3 Å². The van der Waals surface area contributed by atoms with Crippen molar-refractivity contribution in [3.8, 4) is 0 Å². The average Bonchev–Trinajstić information content (AvgIpc) is 3.31. The van der Waals surface area contributed by atoms with E-state index in [9.17, 15) is 14.4 Å². The van der Waals surface area contributed by atoms with Gasteiger partial charge in [0.25, 0.3) is 0 Å². The molecule has 5 aliphatic rings. The molecule has 6 heteroatoms. The molecule has 0 aromatic rings. The molecule has 37 heavy (non-hydrogen) atoms. The van der Waals surface area contributed by atoms with Gasteiger partial charge in [0.2, 0.25) is 0 Å². The molecule has 0 amide bonds. The van der Waals surface area contributed by atoms with E-state index in [4.69, 9.17) is 14.2 Å². The van der Waals surface area contributed by atoms with Crippen molar-refractivity contribution in [3.05, 3.63) is 11.3 Å². The topological polar surface area (TPSA) is 78.9 Å². The second-order valence-corrected chi connectivity index (χ2v) is 13.5. The summed E-state index contributed by atoms with van der Waals surface area (Å²) >= 11 is 0. The Labute approximate surface area is 222 Å². The van der Waals surface area contributed by atoms with Crippen molar-refractivity contribution in [2.45, 2.75) is 112 Å². The molecule has 0 radical (unpaired) electrons. The van der Waals surface area contributed by atoms with Gasteiger partial charge in [-0.3, -0.25) is 14.4 Å². The van der Waals surface area contributed by atoms with Crippen LogP contribution in [0.25, 0.3) is 0 Å². The van der Waals surface area contributed by atoms with Gasteiger partial charge in [-0.1, -0.05) is 20.8 Å². The summed E-state index contributed by atoms with van der Waals surface area (Å²) < 4.78 is 17.4. The van der Waals surface area contributed by atoms with Crippen LogP contribution in [0.3, 0.4) is 0 Å². The number of hydrogen-bond donors (Lipinski definition) is 0. The highest BCUT2D eigenvalue weighted by Crippen LogP contribution is 2.68. The van der Waals surface area contributed by atoms with Crippen LogP contribution in [0.1, 0.15) is 99.3 Å². The quantitative estimate of drug-likeness (QED) is 0.404. The molecule has 1 aliphatic heterocycles. The maximum absolute atomic E-state index is 14.1. The predicted octanol–water partition coefficient (Wildman–Crippen LogP) is 6.02. The molecule has 0 spiro atoms. The first-order valence-electron chi connectivity index (χ1n) is 14.6. The molecule has 4 aliphatic carbocycles. The summed E-state index contributed by atoms with van der Waals surface area (Å²) in [7, 11) is 0. The number of rotatable bonds is 6. The summed E-state index contributed by atoms with van der Waals surface area (Å²) in [4.78, 5) is 36.8. The molecular weight excluding hydrogens is 468 g/mol. The minimum Gasteiger partial charge on any atom is -0.494 e. The molecule has 206 valence electrons. The highest BCUT2D eigenvalue weighted by atomic mass is 16.5. The zero-order valence-corrected chi connectivity index (χ0v) is 23.6. The van der Waals surface area contributed by atoms with Crippen molar-refractivity contribution < 1.29 is 28.6 Å². The van der Waals surface area contributed by atoms with Crippen LogP contribution in [0.5, 0.6) is 0 Å². The third-order valence-corrected chi connectivity index (χ3v) is 11.5. The smallest absolute Gasteiger partial charge is 0.302 e. The lowest BCUT2D eigenvalue weighted by molar-refractivity contribution is -0.165. The van der Waals surface area contributed by atoms with Crippen molar-refractivity contribution in [1.82, 2.24) is 0 Å². The third kappa shape index (κ3) is 4.44. The number of esters is 2. The Kier molecular flexibility index (Phi) is 7.02. The fourth-order valence-electron chi connectivity index (χ4n) is 9.55. The highest BCUT2D eigenvalue weighted by Gasteiger charge is 2.67. The van der Waals surface area contributed by atoms with Gasteiger partial charge in [-0.15, -0.1) is 0 Å². The van der Waals surface area contributed by atoms with E-state index < -0.39 is 0 Å². The van der Waals surface area contributed by atoms with E-state index in [1.807, 2.05) is 0 Å². The molecule has 10 atom stereocenters. The summed E-state index contributed by atoms with van der Waals surface area (Å²) in [5.74, 6) is 3.49. The molecular formula is C31H46O6. The monoisotopic (exact) mass is 514 g/mol. The van der Waals surface area contributed by atoms with Crippen LogP contribution in [0.4, 0.5) is 0 Å². The van der Waals surface area contributed by atoms with Gasteiger partial charge in [0.15, 0.2) is 0 Å². The minimum atomic E-state index is -0.334. The zero-order chi connectivity index (χ0) is 26.7. The van der Waals surface area contributed by atoms with Gasteiger partial charge in [0, 0.05) is 38.0 Å². The molecule has 0 N–H and O–H groups in total. The van der Waals surface area contributed by atoms with E-state index in [1.165, 1.54) is 32.3 Å². The Morgan fingerprint density at radius 2 is 1.84 bits per heavy atom. The fraction of sp³-hybridized carbons (Fsp3) is 0.839. The van der Waals surface area contributed by atoms with Crippen molar-refractivity contribution in [2.24, 2.45) is 46.3 Å². The van der Waals surface area contributed by atoms with Gasteiger partial charge in [0.05, 0.1) is 12.4 Å². The van der Waals surface area contributed by atoms with Crippen LogP contribution < -0.4 is 0 Å². The Hall–Kier alpha value is -1.85.